The standard InChI is InChI=1S/C22H25N3O3S/c1-2-29(27,28)24-22(26)17-13-14-19-20(15-17)23-25(18-11-7-4-8-12-18)21(19)16-9-5-3-6-10-16/h4,7-8,11-16H,2-3,5-6,9-10H2,1H3,(H,24,26). The van der Waals surface area contributed by atoms with Crippen LogP contribution in [-0.2, 0) is 10.0 Å². The smallest absolute Gasteiger partial charge is 0.264 e. The normalized spacial score (nSPS) is 15.5. The van der Waals surface area contributed by atoms with Gasteiger partial charge in [-0.2, -0.15) is 5.10 Å². The fourth-order valence-corrected chi connectivity index (χ4v) is 4.60. The quantitative estimate of drug-likeness (QED) is 0.684. The molecule has 2 aromatic carbocycles. The monoisotopic (exact) mass is 411 g/mol. The zero-order chi connectivity index (χ0) is 20.4. The zero-order valence-corrected chi connectivity index (χ0v) is 17.3. The first-order valence-electron chi connectivity index (χ1n) is 10.1. The van der Waals surface area contributed by atoms with E-state index in [2.05, 4.69) is 4.72 Å². The fourth-order valence-electron chi connectivity index (χ4n) is 4.06. The molecule has 3 aromatic rings. The van der Waals surface area contributed by atoms with Crippen LogP contribution in [0.2, 0.25) is 0 Å². The van der Waals surface area contributed by atoms with Gasteiger partial charge in [-0.05, 0) is 44.0 Å². The second-order valence-electron chi connectivity index (χ2n) is 7.53. The van der Waals surface area contributed by atoms with E-state index < -0.39 is 15.9 Å². The van der Waals surface area contributed by atoms with E-state index in [1.807, 2.05) is 41.1 Å². The highest BCUT2D eigenvalue weighted by Crippen LogP contribution is 2.37. The summed E-state index contributed by atoms with van der Waals surface area (Å²) in [6, 6.07) is 15.3. The molecule has 29 heavy (non-hydrogen) atoms. The Hall–Kier alpha value is -2.67. The number of carbonyl (C=O) groups excluding carboxylic acids is 1. The third kappa shape index (κ3) is 4.05. The molecule has 1 saturated carbocycles. The average Bonchev–Trinajstić information content (AvgIpc) is 3.13. The number of amides is 1. The maximum absolute atomic E-state index is 12.4. The van der Waals surface area contributed by atoms with Gasteiger partial charge in [-0.25, -0.2) is 17.8 Å². The molecule has 0 saturated heterocycles. The van der Waals surface area contributed by atoms with Gasteiger partial charge in [-0.1, -0.05) is 43.5 Å². The minimum absolute atomic E-state index is 0.143. The van der Waals surface area contributed by atoms with Gasteiger partial charge < -0.3 is 0 Å². The van der Waals surface area contributed by atoms with Gasteiger partial charge in [-0.15, -0.1) is 0 Å². The van der Waals surface area contributed by atoms with E-state index in [0.29, 0.717) is 17.0 Å². The summed E-state index contributed by atoms with van der Waals surface area (Å²) < 4.78 is 27.6. The predicted molar refractivity (Wildman–Crippen MR) is 114 cm³/mol. The molecule has 1 aliphatic carbocycles. The van der Waals surface area contributed by atoms with Crippen LogP contribution in [0.5, 0.6) is 0 Å². The number of carbonyl (C=O) groups is 1. The molecule has 1 N–H and O–H groups in total. The molecule has 0 unspecified atom stereocenters. The van der Waals surface area contributed by atoms with E-state index in [-0.39, 0.29) is 5.75 Å². The first kappa shape index (κ1) is 19.6. The number of hydrogen-bond acceptors (Lipinski definition) is 4. The van der Waals surface area contributed by atoms with Crippen molar-refractivity contribution in [2.45, 2.75) is 44.9 Å². The van der Waals surface area contributed by atoms with Crippen LogP contribution in [0, 0.1) is 0 Å². The predicted octanol–water partition coefficient (Wildman–Crippen LogP) is 4.15. The Labute approximate surface area is 171 Å². The van der Waals surface area contributed by atoms with Crippen LogP contribution >= 0.6 is 0 Å². The average molecular weight is 412 g/mol. The van der Waals surface area contributed by atoms with Crippen LogP contribution < -0.4 is 4.72 Å². The van der Waals surface area contributed by atoms with Gasteiger partial charge in [0, 0.05) is 16.9 Å². The molecule has 1 fully saturated rings. The van der Waals surface area contributed by atoms with Crippen molar-refractivity contribution in [3.05, 3.63) is 59.8 Å². The number of hydrogen-bond donors (Lipinski definition) is 1. The lowest BCUT2D eigenvalue weighted by Gasteiger charge is -2.23. The summed E-state index contributed by atoms with van der Waals surface area (Å²) in [6.07, 6.45) is 5.95. The molecule has 0 spiro atoms. The van der Waals surface area contributed by atoms with E-state index >= 15 is 0 Å². The SMILES string of the molecule is CCS(=O)(=O)NC(=O)c1ccc2c(C3CCCCC3)n(-c3ccccc3)nc2c1. The largest absolute Gasteiger partial charge is 0.268 e. The fraction of sp³-hybridized carbons (Fsp3) is 0.364. The first-order chi connectivity index (χ1) is 14.0. The third-order valence-electron chi connectivity index (χ3n) is 5.59. The van der Waals surface area contributed by atoms with Crippen molar-refractivity contribution in [1.29, 1.82) is 0 Å². The van der Waals surface area contributed by atoms with Crippen LogP contribution in [0.1, 0.15) is 61.0 Å². The van der Waals surface area contributed by atoms with E-state index in [4.69, 9.17) is 5.10 Å². The summed E-state index contributed by atoms with van der Waals surface area (Å²) in [5, 5.41) is 5.83. The van der Waals surface area contributed by atoms with Crippen molar-refractivity contribution in [2.24, 2.45) is 0 Å². The highest BCUT2D eigenvalue weighted by atomic mass is 32.2. The minimum Gasteiger partial charge on any atom is -0.268 e. The first-order valence-corrected chi connectivity index (χ1v) is 11.8. The molecular weight excluding hydrogens is 386 g/mol. The highest BCUT2D eigenvalue weighted by Gasteiger charge is 2.24. The number of sulfonamides is 1. The number of nitrogens with one attached hydrogen (secondary N) is 1. The van der Waals surface area contributed by atoms with Crippen molar-refractivity contribution in [3.63, 3.8) is 0 Å². The van der Waals surface area contributed by atoms with Gasteiger partial charge in [0.2, 0.25) is 10.0 Å². The number of fused-ring (bicyclic) bond motifs is 1. The number of para-hydroxylation sites is 1. The number of nitrogens with zero attached hydrogens (tertiary/aromatic N) is 2. The molecule has 0 aliphatic heterocycles. The highest BCUT2D eigenvalue weighted by molar-refractivity contribution is 7.90. The molecule has 7 heteroatoms. The number of aromatic nitrogens is 2. The molecule has 6 nitrogen and oxygen atoms in total. The summed E-state index contributed by atoms with van der Waals surface area (Å²) in [5.41, 5.74) is 3.17. The van der Waals surface area contributed by atoms with E-state index in [9.17, 15) is 13.2 Å². The molecular formula is C22H25N3O3S. The van der Waals surface area contributed by atoms with Gasteiger partial charge in [0.05, 0.1) is 22.7 Å². The van der Waals surface area contributed by atoms with Crippen molar-refractivity contribution in [3.8, 4) is 5.69 Å². The van der Waals surface area contributed by atoms with Crippen molar-refractivity contribution < 1.29 is 13.2 Å². The van der Waals surface area contributed by atoms with Crippen LogP contribution in [0.15, 0.2) is 48.5 Å². The van der Waals surface area contributed by atoms with Crippen molar-refractivity contribution in [2.75, 3.05) is 5.75 Å². The maximum atomic E-state index is 12.4. The van der Waals surface area contributed by atoms with Crippen LogP contribution in [0.4, 0.5) is 0 Å². The molecule has 0 bridgehead atoms. The summed E-state index contributed by atoms with van der Waals surface area (Å²) in [4.78, 5) is 12.4. The Balaban J connectivity index is 1.80. The Morgan fingerprint density at radius 2 is 1.83 bits per heavy atom. The summed E-state index contributed by atoms with van der Waals surface area (Å²) >= 11 is 0. The second kappa shape index (κ2) is 7.99. The molecule has 0 radical (unpaired) electrons. The molecule has 4 rings (SSSR count). The molecule has 1 amide bonds. The van der Waals surface area contributed by atoms with Crippen LogP contribution in [0.3, 0.4) is 0 Å². The van der Waals surface area contributed by atoms with Crippen molar-refractivity contribution in [1.82, 2.24) is 14.5 Å². The van der Waals surface area contributed by atoms with E-state index in [1.165, 1.54) is 31.9 Å². The van der Waals surface area contributed by atoms with Gasteiger partial charge in [0.1, 0.15) is 0 Å². The Morgan fingerprint density at radius 1 is 1.10 bits per heavy atom. The van der Waals surface area contributed by atoms with Gasteiger partial charge >= 0.3 is 0 Å². The summed E-state index contributed by atoms with van der Waals surface area (Å²) in [5.74, 6) is -0.341. The van der Waals surface area contributed by atoms with E-state index in [0.717, 1.165) is 23.9 Å². The Morgan fingerprint density at radius 3 is 2.52 bits per heavy atom. The van der Waals surface area contributed by atoms with Crippen molar-refractivity contribution >= 4 is 26.8 Å². The van der Waals surface area contributed by atoms with Crippen LogP contribution in [0.25, 0.3) is 16.6 Å². The summed E-state index contributed by atoms with van der Waals surface area (Å²) in [7, 11) is -3.61. The lowest BCUT2D eigenvalue weighted by atomic mass is 9.85. The zero-order valence-electron chi connectivity index (χ0n) is 16.5. The third-order valence-corrected chi connectivity index (χ3v) is 6.85. The van der Waals surface area contributed by atoms with E-state index in [1.54, 1.807) is 12.1 Å². The topological polar surface area (TPSA) is 81.1 Å². The molecule has 152 valence electrons. The van der Waals surface area contributed by atoms with Crippen LogP contribution in [-0.4, -0.2) is 29.9 Å². The summed E-state index contributed by atoms with van der Waals surface area (Å²) in [6.45, 7) is 1.50. The lowest BCUT2D eigenvalue weighted by molar-refractivity contribution is 0.0981. The molecule has 1 aliphatic rings. The minimum atomic E-state index is -3.61. The Kier molecular flexibility index (Phi) is 5.41. The van der Waals surface area contributed by atoms with Gasteiger partial charge in [0.25, 0.3) is 5.91 Å². The Bertz CT molecular complexity index is 1130. The number of rotatable bonds is 5. The lowest BCUT2D eigenvalue weighted by Crippen LogP contribution is -2.31. The second-order valence-corrected chi connectivity index (χ2v) is 9.55. The maximum Gasteiger partial charge on any atom is 0.264 e. The van der Waals surface area contributed by atoms with Gasteiger partial charge in [0.15, 0.2) is 0 Å². The molecule has 1 aromatic heterocycles. The molecule has 1 heterocycles. The van der Waals surface area contributed by atoms with Gasteiger partial charge in [-0.3, -0.25) is 4.79 Å². The number of benzene rings is 2. The molecule has 0 atom stereocenters.